The highest BCUT2D eigenvalue weighted by atomic mass is 16.1. The summed E-state index contributed by atoms with van der Waals surface area (Å²) in [5.74, 6) is 0. The van der Waals surface area contributed by atoms with Crippen molar-refractivity contribution in [3.63, 3.8) is 0 Å². The van der Waals surface area contributed by atoms with Crippen molar-refractivity contribution in [2.24, 2.45) is 7.05 Å². The molecule has 0 amide bonds. The zero-order chi connectivity index (χ0) is 11.3. The Balaban J connectivity index is 2.69. The van der Waals surface area contributed by atoms with Gasteiger partial charge in [0.25, 0.3) is 5.56 Å². The summed E-state index contributed by atoms with van der Waals surface area (Å²) in [6.45, 7) is 1.82. The van der Waals surface area contributed by atoms with Gasteiger partial charge >= 0.3 is 0 Å². The Bertz CT molecular complexity index is 752. The van der Waals surface area contributed by atoms with E-state index in [1.807, 2.05) is 26.1 Å². The van der Waals surface area contributed by atoms with Crippen molar-refractivity contribution in [3.8, 4) is 0 Å². The van der Waals surface area contributed by atoms with Crippen LogP contribution < -0.4 is 5.56 Å². The van der Waals surface area contributed by atoms with Crippen LogP contribution in [0, 0.1) is 19.3 Å². The van der Waals surface area contributed by atoms with E-state index < -0.39 is 0 Å². The number of aromatic amines is 1. The van der Waals surface area contributed by atoms with E-state index in [0.29, 0.717) is 5.39 Å². The minimum absolute atomic E-state index is 0.103. The van der Waals surface area contributed by atoms with Crippen LogP contribution in [0.2, 0.25) is 0 Å². The Hall–Kier alpha value is -2.10. The van der Waals surface area contributed by atoms with E-state index in [2.05, 4.69) is 22.4 Å². The van der Waals surface area contributed by atoms with Crippen LogP contribution in [0.1, 0.15) is 5.69 Å². The number of aromatic nitrogens is 3. The van der Waals surface area contributed by atoms with Gasteiger partial charge in [0.05, 0.1) is 16.4 Å². The van der Waals surface area contributed by atoms with Gasteiger partial charge in [0.15, 0.2) is 6.33 Å². The summed E-state index contributed by atoms with van der Waals surface area (Å²) in [6.07, 6.45) is 2.81. The summed E-state index contributed by atoms with van der Waals surface area (Å²) in [7, 11) is 1.83. The molecule has 3 aromatic rings. The lowest BCUT2D eigenvalue weighted by atomic mass is 10.1. The summed E-state index contributed by atoms with van der Waals surface area (Å²) >= 11 is 0. The van der Waals surface area contributed by atoms with E-state index in [1.165, 1.54) is 0 Å². The van der Waals surface area contributed by atoms with Gasteiger partial charge in [-0.2, -0.15) is 0 Å². The Morgan fingerprint density at radius 2 is 2.25 bits per heavy atom. The number of H-pyrrole nitrogens is 1. The minimum Gasteiger partial charge on any atom is -0.325 e. The monoisotopic (exact) mass is 211 g/mol. The lowest BCUT2D eigenvalue weighted by molar-refractivity contribution is 0.938. The molecule has 0 saturated carbocycles. The predicted molar refractivity (Wildman–Crippen MR) is 61.2 cm³/mol. The van der Waals surface area contributed by atoms with Gasteiger partial charge in [-0.15, -0.1) is 0 Å². The molecule has 16 heavy (non-hydrogen) atoms. The molecular weight excluding hydrogens is 202 g/mol. The minimum atomic E-state index is -0.103. The maximum absolute atomic E-state index is 11.9. The predicted octanol–water partition coefficient (Wildman–Crippen LogP) is 1.32. The SMILES string of the molecule is Cc1[c]c2ccc3n[c]n(C)c3c2c(=O)[nH]1. The van der Waals surface area contributed by atoms with E-state index in [0.717, 1.165) is 22.1 Å². The van der Waals surface area contributed by atoms with Crippen molar-refractivity contribution >= 4 is 21.8 Å². The van der Waals surface area contributed by atoms with Crippen molar-refractivity contribution in [1.82, 2.24) is 14.5 Å². The molecule has 2 radical (unpaired) electrons. The van der Waals surface area contributed by atoms with Gasteiger partial charge in [0.2, 0.25) is 0 Å². The molecule has 0 bridgehead atoms. The third-order valence-corrected chi connectivity index (χ3v) is 2.66. The molecule has 78 valence electrons. The molecule has 0 unspecified atom stereocenters. The molecule has 0 aliphatic carbocycles. The van der Waals surface area contributed by atoms with E-state index in [-0.39, 0.29) is 5.56 Å². The molecule has 4 heteroatoms. The first-order valence-electron chi connectivity index (χ1n) is 4.96. The van der Waals surface area contributed by atoms with Gasteiger partial charge in [-0.1, -0.05) is 6.07 Å². The third kappa shape index (κ3) is 1.10. The average Bonchev–Trinajstić information content (AvgIpc) is 2.60. The number of hydrogen-bond donors (Lipinski definition) is 1. The number of imidazole rings is 1. The second-order valence-corrected chi connectivity index (χ2v) is 3.83. The molecule has 0 fully saturated rings. The normalized spacial score (nSPS) is 11.4. The number of pyridine rings is 1. The fourth-order valence-electron chi connectivity index (χ4n) is 1.99. The Morgan fingerprint density at radius 1 is 1.44 bits per heavy atom. The number of rotatable bonds is 0. The zero-order valence-corrected chi connectivity index (χ0v) is 8.96. The maximum atomic E-state index is 11.9. The molecule has 0 atom stereocenters. The lowest BCUT2D eigenvalue weighted by Gasteiger charge is -2.01. The van der Waals surface area contributed by atoms with Gasteiger partial charge in [0.1, 0.15) is 0 Å². The molecule has 2 aromatic heterocycles. The smallest absolute Gasteiger partial charge is 0.258 e. The fraction of sp³-hybridized carbons (Fsp3) is 0.167. The second kappa shape index (κ2) is 2.95. The molecule has 2 heterocycles. The van der Waals surface area contributed by atoms with Crippen LogP contribution in [0.15, 0.2) is 16.9 Å². The first-order chi connectivity index (χ1) is 7.66. The molecule has 0 aliphatic heterocycles. The average molecular weight is 211 g/mol. The van der Waals surface area contributed by atoms with Gasteiger partial charge in [-0.3, -0.25) is 4.79 Å². The summed E-state index contributed by atoms with van der Waals surface area (Å²) in [5, 5.41) is 1.44. The lowest BCUT2D eigenvalue weighted by Crippen LogP contribution is -2.08. The highest BCUT2D eigenvalue weighted by Gasteiger charge is 2.09. The van der Waals surface area contributed by atoms with Crippen LogP contribution in [-0.2, 0) is 7.05 Å². The Morgan fingerprint density at radius 3 is 3.06 bits per heavy atom. The summed E-state index contributed by atoms with van der Waals surface area (Å²) in [6, 6.07) is 6.87. The van der Waals surface area contributed by atoms with E-state index in [9.17, 15) is 4.79 Å². The number of hydrogen-bond acceptors (Lipinski definition) is 2. The highest BCUT2D eigenvalue weighted by Crippen LogP contribution is 2.20. The number of nitrogens with one attached hydrogen (secondary N) is 1. The molecule has 0 aliphatic rings. The Labute approximate surface area is 91.5 Å². The largest absolute Gasteiger partial charge is 0.325 e. The van der Waals surface area contributed by atoms with Crippen molar-refractivity contribution in [2.75, 3.05) is 0 Å². The second-order valence-electron chi connectivity index (χ2n) is 3.83. The maximum Gasteiger partial charge on any atom is 0.258 e. The molecular formula is C12H9N3O. The molecule has 0 spiro atoms. The van der Waals surface area contributed by atoms with Crippen molar-refractivity contribution in [3.05, 3.63) is 40.6 Å². The number of aryl methyl sites for hydroxylation is 2. The quantitative estimate of drug-likeness (QED) is 0.609. The van der Waals surface area contributed by atoms with Gasteiger partial charge in [0, 0.05) is 18.8 Å². The van der Waals surface area contributed by atoms with E-state index in [1.54, 1.807) is 4.57 Å². The van der Waals surface area contributed by atoms with Crippen molar-refractivity contribution < 1.29 is 0 Å². The van der Waals surface area contributed by atoms with Crippen LogP contribution >= 0.6 is 0 Å². The zero-order valence-electron chi connectivity index (χ0n) is 8.96. The third-order valence-electron chi connectivity index (χ3n) is 2.66. The van der Waals surface area contributed by atoms with E-state index >= 15 is 0 Å². The van der Waals surface area contributed by atoms with Crippen LogP contribution in [0.3, 0.4) is 0 Å². The highest BCUT2D eigenvalue weighted by molar-refractivity contribution is 6.03. The van der Waals surface area contributed by atoms with Crippen LogP contribution in [0.4, 0.5) is 0 Å². The van der Waals surface area contributed by atoms with Crippen molar-refractivity contribution in [1.29, 1.82) is 0 Å². The first kappa shape index (κ1) is 9.15. The van der Waals surface area contributed by atoms with Gasteiger partial charge < -0.3 is 9.55 Å². The topological polar surface area (TPSA) is 50.7 Å². The Kier molecular flexibility index (Phi) is 1.68. The number of nitrogens with zero attached hydrogens (tertiary/aromatic N) is 2. The van der Waals surface area contributed by atoms with Crippen LogP contribution in [0.25, 0.3) is 21.8 Å². The molecule has 3 rings (SSSR count). The standard InChI is InChI=1S/C12H9N3O/c1-7-5-8-3-4-9-11(15(2)6-13-9)10(8)12(16)14-7/h3-4H,1-2H3,(H,14,16). The molecule has 4 nitrogen and oxygen atoms in total. The summed E-state index contributed by atoms with van der Waals surface area (Å²) in [4.78, 5) is 18.8. The first-order valence-corrected chi connectivity index (χ1v) is 4.96. The van der Waals surface area contributed by atoms with Gasteiger partial charge in [-0.25, -0.2) is 4.98 Å². The number of benzene rings is 1. The fourth-order valence-corrected chi connectivity index (χ4v) is 1.99. The van der Waals surface area contributed by atoms with Gasteiger partial charge in [-0.05, 0) is 18.4 Å². The number of fused-ring (bicyclic) bond motifs is 3. The molecule has 0 saturated heterocycles. The molecule has 1 aromatic carbocycles. The van der Waals surface area contributed by atoms with Crippen LogP contribution in [-0.4, -0.2) is 14.5 Å². The summed E-state index contributed by atoms with van der Waals surface area (Å²) in [5.41, 5.74) is 2.21. The van der Waals surface area contributed by atoms with E-state index in [4.69, 9.17) is 0 Å². The molecule has 1 N–H and O–H groups in total. The van der Waals surface area contributed by atoms with Crippen LogP contribution in [0.5, 0.6) is 0 Å². The summed E-state index contributed by atoms with van der Waals surface area (Å²) < 4.78 is 1.73. The van der Waals surface area contributed by atoms with Crippen molar-refractivity contribution in [2.45, 2.75) is 6.92 Å².